The van der Waals surface area contributed by atoms with Crippen LogP contribution in [-0.2, 0) is 18.9 Å². The molecule has 0 radical (unpaired) electrons. The smallest absolute Gasteiger partial charge is 0.416 e. The first-order chi connectivity index (χ1) is 15.8. The fourth-order valence-corrected chi connectivity index (χ4v) is 3.26. The van der Waals surface area contributed by atoms with Crippen LogP contribution in [0.3, 0.4) is 0 Å². The number of benzene rings is 2. The molecule has 1 aliphatic carbocycles. The van der Waals surface area contributed by atoms with Gasteiger partial charge in [-0.1, -0.05) is 6.42 Å². The first-order valence-corrected chi connectivity index (χ1v) is 10.3. The molecule has 184 valence electrons. The van der Waals surface area contributed by atoms with Crippen LogP contribution in [-0.4, -0.2) is 18.5 Å². The molecule has 1 aliphatic rings. The van der Waals surface area contributed by atoms with E-state index in [1.54, 1.807) is 0 Å². The molecule has 0 aromatic heterocycles. The van der Waals surface area contributed by atoms with Crippen molar-refractivity contribution >= 4 is 17.6 Å². The van der Waals surface area contributed by atoms with Gasteiger partial charge in [0.15, 0.2) is 5.96 Å². The van der Waals surface area contributed by atoms with Crippen LogP contribution in [0.25, 0.3) is 0 Å². The number of carbonyl (C=O) groups excluding carboxylic acids is 1. The summed E-state index contributed by atoms with van der Waals surface area (Å²) in [5.74, 6) is -0.468. The number of hydrogen-bond donors (Lipinski definition) is 4. The lowest BCUT2D eigenvalue weighted by atomic mass is 9.86. The summed E-state index contributed by atoms with van der Waals surface area (Å²) in [4.78, 5) is 11.5. The zero-order valence-corrected chi connectivity index (χ0v) is 17.7. The second kappa shape index (κ2) is 9.82. The fourth-order valence-electron chi connectivity index (χ4n) is 3.26. The lowest BCUT2D eigenvalue weighted by Crippen LogP contribution is -2.30. The Kier molecular flexibility index (Phi) is 7.27. The molecule has 0 spiro atoms. The molecule has 2 aromatic rings. The van der Waals surface area contributed by atoms with E-state index >= 15 is 0 Å². The Balaban J connectivity index is 1.72. The summed E-state index contributed by atoms with van der Waals surface area (Å²) < 4.78 is 83.9. The van der Waals surface area contributed by atoms with Crippen LogP contribution < -0.4 is 21.1 Å². The lowest BCUT2D eigenvalue weighted by molar-refractivity contribution is -0.143. The largest absolute Gasteiger partial charge is 0.491 e. The van der Waals surface area contributed by atoms with E-state index in [0.29, 0.717) is 24.7 Å². The molecule has 1 fully saturated rings. The van der Waals surface area contributed by atoms with Gasteiger partial charge in [0.2, 0.25) is 5.91 Å². The van der Waals surface area contributed by atoms with Gasteiger partial charge in [0.1, 0.15) is 5.75 Å². The highest BCUT2D eigenvalue weighted by molar-refractivity contribution is 5.96. The number of carbonyl (C=O) groups is 1. The van der Waals surface area contributed by atoms with Crippen molar-refractivity contribution in [3.63, 3.8) is 0 Å². The molecule has 0 unspecified atom stereocenters. The molecule has 1 saturated carbocycles. The maximum Gasteiger partial charge on any atom is 0.416 e. The van der Waals surface area contributed by atoms with E-state index in [-0.39, 0.29) is 28.6 Å². The molecule has 5 N–H and O–H groups in total. The number of guanidine groups is 1. The van der Waals surface area contributed by atoms with Crippen LogP contribution >= 0.6 is 0 Å². The van der Waals surface area contributed by atoms with Crippen molar-refractivity contribution < 1.29 is 35.9 Å². The number of nitrogens with two attached hydrogens (primary N) is 1. The zero-order valence-electron chi connectivity index (χ0n) is 17.7. The molecule has 0 saturated heterocycles. The van der Waals surface area contributed by atoms with E-state index in [0.717, 1.165) is 19.3 Å². The number of ether oxygens (including phenoxy) is 1. The van der Waals surface area contributed by atoms with Crippen LogP contribution in [0.4, 0.5) is 32.0 Å². The molecule has 34 heavy (non-hydrogen) atoms. The highest BCUT2D eigenvalue weighted by Gasteiger charge is 2.36. The molecule has 3 rings (SSSR count). The van der Waals surface area contributed by atoms with Gasteiger partial charge < -0.3 is 21.1 Å². The van der Waals surface area contributed by atoms with Crippen molar-refractivity contribution in [2.45, 2.75) is 38.2 Å². The second-order valence-electron chi connectivity index (χ2n) is 7.95. The Hall–Kier alpha value is -3.44. The van der Waals surface area contributed by atoms with E-state index in [1.807, 2.05) is 0 Å². The number of hydrogen-bond acceptors (Lipinski definition) is 3. The molecule has 2 aromatic carbocycles. The average molecular weight is 488 g/mol. The Labute approximate surface area is 191 Å². The Bertz CT molecular complexity index is 1030. The number of amides is 1. The SMILES string of the molecule is N=C(NCc1cc(C(F)(F)F)cc(C(F)(F)F)c1)Nc1ccc(C(N)=O)cc1OCC1CCC1. The molecular weight excluding hydrogens is 466 g/mol. The summed E-state index contributed by atoms with van der Waals surface area (Å²) in [5.41, 5.74) is 2.57. The Morgan fingerprint density at radius 3 is 2.15 bits per heavy atom. The van der Waals surface area contributed by atoms with E-state index in [2.05, 4.69) is 10.6 Å². The van der Waals surface area contributed by atoms with Crippen LogP contribution in [0.15, 0.2) is 36.4 Å². The minimum atomic E-state index is -4.96. The van der Waals surface area contributed by atoms with Crippen LogP contribution in [0.5, 0.6) is 5.75 Å². The van der Waals surface area contributed by atoms with Crippen LogP contribution in [0.2, 0.25) is 0 Å². The van der Waals surface area contributed by atoms with Gasteiger partial charge in [-0.05, 0) is 60.7 Å². The van der Waals surface area contributed by atoms with E-state index in [9.17, 15) is 31.1 Å². The molecule has 6 nitrogen and oxygen atoms in total. The first kappa shape index (κ1) is 25.2. The predicted octanol–water partition coefficient (Wildman–Crippen LogP) is 5.14. The fraction of sp³-hybridized carbons (Fsp3) is 0.364. The van der Waals surface area contributed by atoms with E-state index < -0.39 is 41.9 Å². The van der Waals surface area contributed by atoms with Crippen molar-refractivity contribution in [2.75, 3.05) is 11.9 Å². The third-order valence-corrected chi connectivity index (χ3v) is 5.34. The number of alkyl halides is 6. The monoisotopic (exact) mass is 488 g/mol. The minimum Gasteiger partial charge on any atom is -0.491 e. The quantitative estimate of drug-likeness (QED) is 0.246. The molecule has 12 heteroatoms. The zero-order chi connectivity index (χ0) is 25.1. The third-order valence-electron chi connectivity index (χ3n) is 5.34. The predicted molar refractivity (Wildman–Crippen MR) is 112 cm³/mol. The number of rotatable bonds is 7. The van der Waals surface area contributed by atoms with Crippen molar-refractivity contribution in [3.8, 4) is 5.75 Å². The Morgan fingerprint density at radius 1 is 1.03 bits per heavy atom. The standard InChI is InChI=1S/C22H22F6N4O2/c23-21(24,25)15-6-13(7-16(9-15)22(26,27)28)10-31-20(30)32-17-5-4-14(19(29)33)8-18(17)34-11-12-2-1-3-12/h4-9,12H,1-3,10-11H2,(H2,29,33)(H3,30,31,32). The van der Waals surface area contributed by atoms with Crippen molar-refractivity contribution in [3.05, 3.63) is 58.7 Å². The lowest BCUT2D eigenvalue weighted by Gasteiger charge is -2.26. The van der Waals surface area contributed by atoms with Crippen molar-refractivity contribution in [1.29, 1.82) is 5.41 Å². The maximum absolute atomic E-state index is 13.0. The van der Waals surface area contributed by atoms with Crippen molar-refractivity contribution in [1.82, 2.24) is 5.32 Å². The third kappa shape index (κ3) is 6.55. The highest BCUT2D eigenvalue weighted by Crippen LogP contribution is 2.36. The Morgan fingerprint density at radius 2 is 1.65 bits per heavy atom. The van der Waals surface area contributed by atoms with Crippen LogP contribution in [0, 0.1) is 11.3 Å². The van der Waals surface area contributed by atoms with Crippen LogP contribution in [0.1, 0.15) is 46.3 Å². The number of halogens is 6. The molecule has 0 bridgehead atoms. The summed E-state index contributed by atoms with van der Waals surface area (Å²) in [6.07, 6.45) is -6.81. The number of nitrogens with one attached hydrogen (secondary N) is 3. The van der Waals surface area contributed by atoms with Gasteiger partial charge in [0.25, 0.3) is 0 Å². The summed E-state index contributed by atoms with van der Waals surface area (Å²) in [5, 5.41) is 13.1. The van der Waals surface area contributed by atoms with Gasteiger partial charge >= 0.3 is 12.4 Å². The first-order valence-electron chi connectivity index (χ1n) is 10.3. The molecule has 0 aliphatic heterocycles. The van der Waals surface area contributed by atoms with Gasteiger partial charge in [-0.3, -0.25) is 10.2 Å². The molecule has 1 amide bonds. The van der Waals surface area contributed by atoms with Gasteiger partial charge in [0, 0.05) is 12.1 Å². The molecular formula is C22H22F6N4O2. The highest BCUT2D eigenvalue weighted by atomic mass is 19.4. The summed E-state index contributed by atoms with van der Waals surface area (Å²) in [7, 11) is 0. The maximum atomic E-state index is 13.0. The topological polar surface area (TPSA) is 100 Å². The number of anilines is 1. The summed E-state index contributed by atoms with van der Waals surface area (Å²) in [6.45, 7) is -0.0847. The average Bonchev–Trinajstić information content (AvgIpc) is 2.70. The minimum absolute atomic E-state index is 0.0408. The number of primary amides is 1. The van der Waals surface area contributed by atoms with Gasteiger partial charge in [-0.2, -0.15) is 26.3 Å². The van der Waals surface area contributed by atoms with Gasteiger partial charge in [-0.25, -0.2) is 0 Å². The van der Waals surface area contributed by atoms with Gasteiger partial charge in [-0.15, -0.1) is 0 Å². The van der Waals surface area contributed by atoms with E-state index in [1.165, 1.54) is 18.2 Å². The van der Waals surface area contributed by atoms with E-state index in [4.69, 9.17) is 15.9 Å². The molecule has 0 atom stereocenters. The summed E-state index contributed by atoms with van der Waals surface area (Å²) >= 11 is 0. The van der Waals surface area contributed by atoms with Gasteiger partial charge in [0.05, 0.1) is 23.4 Å². The van der Waals surface area contributed by atoms with Crippen molar-refractivity contribution in [2.24, 2.45) is 11.7 Å². The second-order valence-corrected chi connectivity index (χ2v) is 7.95. The summed E-state index contributed by atoms with van der Waals surface area (Å²) in [6, 6.07) is 5.46. The normalized spacial score (nSPS) is 14.3. The molecule has 0 heterocycles.